The highest BCUT2D eigenvalue weighted by molar-refractivity contribution is 6.23. The van der Waals surface area contributed by atoms with E-state index in [-0.39, 0.29) is 18.4 Å². The van der Waals surface area contributed by atoms with Crippen molar-refractivity contribution >= 4 is 17.5 Å². The number of amides is 2. The molecule has 0 N–H and O–H groups in total. The molecule has 0 spiro atoms. The van der Waals surface area contributed by atoms with E-state index in [4.69, 9.17) is 4.74 Å². The van der Waals surface area contributed by atoms with Gasteiger partial charge < -0.3 is 9.64 Å². The average Bonchev–Trinajstić information content (AvgIpc) is 3.14. The molecular weight excluding hydrogens is 483 g/mol. The van der Waals surface area contributed by atoms with Gasteiger partial charge in [0.2, 0.25) is 0 Å². The van der Waals surface area contributed by atoms with Crippen LogP contribution in [0.5, 0.6) is 5.75 Å². The highest BCUT2D eigenvalue weighted by Crippen LogP contribution is 2.34. The van der Waals surface area contributed by atoms with E-state index in [1.807, 2.05) is 18.2 Å². The van der Waals surface area contributed by atoms with Crippen molar-refractivity contribution < 1.29 is 27.5 Å². The molecule has 0 aromatic heterocycles. The Labute approximate surface area is 212 Å². The number of carbonyl (C=O) groups is 2. The first-order valence-electron chi connectivity index (χ1n) is 12.0. The van der Waals surface area contributed by atoms with Crippen LogP contribution in [-0.4, -0.2) is 54.9 Å². The van der Waals surface area contributed by atoms with Crippen molar-refractivity contribution in [3.63, 3.8) is 0 Å². The second-order valence-electron chi connectivity index (χ2n) is 9.20. The van der Waals surface area contributed by atoms with Gasteiger partial charge in [-0.15, -0.1) is 0 Å². The normalized spacial score (nSPS) is 16.3. The largest absolute Gasteiger partial charge is 0.497 e. The van der Waals surface area contributed by atoms with Gasteiger partial charge in [-0.05, 0) is 47.5 Å². The molecule has 1 fully saturated rings. The van der Waals surface area contributed by atoms with Gasteiger partial charge in [-0.1, -0.05) is 30.3 Å². The molecule has 0 radical (unpaired) electrons. The standard InChI is InChI=1S/C28H26F3N3O3/c1-37-22-11-7-20(8-12-22)18-34-26(35)23-3-2-4-24(25(23)27(34)36)33-15-13-32(14-16-33)17-19-5-9-21(10-6-19)28(29,30)31/h2-12H,13-18H2,1H3. The Balaban J connectivity index is 1.25. The summed E-state index contributed by atoms with van der Waals surface area (Å²) in [6.07, 6.45) is -4.34. The number of hydrogen-bond acceptors (Lipinski definition) is 5. The van der Waals surface area contributed by atoms with Crippen LogP contribution in [0, 0.1) is 0 Å². The van der Waals surface area contributed by atoms with Gasteiger partial charge in [-0.2, -0.15) is 13.2 Å². The van der Waals surface area contributed by atoms with Crippen LogP contribution in [0.3, 0.4) is 0 Å². The molecule has 0 unspecified atom stereocenters. The Morgan fingerprint density at radius 2 is 1.41 bits per heavy atom. The van der Waals surface area contributed by atoms with Gasteiger partial charge in [0.25, 0.3) is 11.8 Å². The smallest absolute Gasteiger partial charge is 0.416 e. The lowest BCUT2D eigenvalue weighted by Gasteiger charge is -2.36. The van der Waals surface area contributed by atoms with Crippen LogP contribution in [0.1, 0.15) is 37.4 Å². The highest BCUT2D eigenvalue weighted by atomic mass is 19.4. The first kappa shape index (κ1) is 24.8. The van der Waals surface area contributed by atoms with E-state index in [0.717, 1.165) is 28.9 Å². The minimum Gasteiger partial charge on any atom is -0.497 e. The number of nitrogens with zero attached hydrogens (tertiary/aromatic N) is 3. The fourth-order valence-corrected chi connectivity index (χ4v) is 4.84. The van der Waals surface area contributed by atoms with Crippen molar-refractivity contribution in [1.82, 2.24) is 9.80 Å². The van der Waals surface area contributed by atoms with E-state index < -0.39 is 11.7 Å². The molecule has 1 saturated heterocycles. The third-order valence-corrected chi connectivity index (χ3v) is 6.88. The number of anilines is 1. The van der Waals surface area contributed by atoms with Crippen LogP contribution in [0.15, 0.2) is 66.7 Å². The molecule has 2 aliphatic heterocycles. The lowest BCUT2D eigenvalue weighted by Crippen LogP contribution is -2.46. The van der Waals surface area contributed by atoms with Crippen LogP contribution in [0.2, 0.25) is 0 Å². The molecule has 6 nitrogen and oxygen atoms in total. The van der Waals surface area contributed by atoms with E-state index in [1.165, 1.54) is 17.0 Å². The summed E-state index contributed by atoms with van der Waals surface area (Å²) in [6.45, 7) is 3.36. The quantitative estimate of drug-likeness (QED) is 0.446. The van der Waals surface area contributed by atoms with Crippen LogP contribution in [-0.2, 0) is 19.3 Å². The van der Waals surface area contributed by atoms with Crippen LogP contribution >= 0.6 is 0 Å². The van der Waals surface area contributed by atoms with Crippen molar-refractivity contribution in [2.45, 2.75) is 19.3 Å². The molecule has 9 heteroatoms. The molecule has 0 saturated carbocycles. The number of carbonyl (C=O) groups excluding carboxylic acids is 2. The minimum atomic E-state index is -4.34. The fraction of sp³-hybridized carbons (Fsp3) is 0.286. The van der Waals surface area contributed by atoms with E-state index in [1.54, 1.807) is 31.4 Å². The van der Waals surface area contributed by atoms with Gasteiger partial charge in [0, 0.05) is 32.7 Å². The molecule has 3 aromatic carbocycles. The zero-order valence-electron chi connectivity index (χ0n) is 20.3. The van der Waals surface area contributed by atoms with Crippen molar-refractivity contribution in [2.75, 3.05) is 38.2 Å². The predicted octanol–water partition coefficient (Wildman–Crippen LogP) is 4.83. The number of ether oxygens (including phenoxy) is 1. The molecule has 0 aliphatic carbocycles. The number of halogens is 3. The highest BCUT2D eigenvalue weighted by Gasteiger charge is 2.38. The number of fused-ring (bicyclic) bond motifs is 1. The Morgan fingerprint density at radius 1 is 0.784 bits per heavy atom. The van der Waals surface area contributed by atoms with Gasteiger partial charge in [-0.3, -0.25) is 19.4 Å². The molecule has 2 heterocycles. The number of alkyl halides is 3. The van der Waals surface area contributed by atoms with Gasteiger partial charge in [0.1, 0.15) is 5.75 Å². The van der Waals surface area contributed by atoms with Crippen molar-refractivity contribution in [1.29, 1.82) is 0 Å². The zero-order chi connectivity index (χ0) is 26.2. The van der Waals surface area contributed by atoms with Crippen molar-refractivity contribution in [2.24, 2.45) is 0 Å². The number of methoxy groups -OCH3 is 1. The molecule has 3 aromatic rings. The summed E-state index contributed by atoms with van der Waals surface area (Å²) in [6, 6.07) is 17.9. The molecule has 37 heavy (non-hydrogen) atoms. The Hall–Kier alpha value is -3.85. The van der Waals surface area contributed by atoms with Crippen molar-refractivity contribution in [3.05, 3.63) is 94.5 Å². The fourth-order valence-electron chi connectivity index (χ4n) is 4.84. The first-order valence-corrected chi connectivity index (χ1v) is 12.0. The number of hydrogen-bond donors (Lipinski definition) is 0. The Kier molecular flexibility index (Phi) is 6.64. The van der Waals surface area contributed by atoms with Crippen LogP contribution in [0.25, 0.3) is 0 Å². The number of benzene rings is 3. The van der Waals surface area contributed by atoms with Crippen LogP contribution < -0.4 is 9.64 Å². The molecule has 2 aliphatic rings. The molecule has 5 rings (SSSR count). The van der Waals surface area contributed by atoms with Gasteiger partial charge in [0.15, 0.2) is 0 Å². The third-order valence-electron chi connectivity index (χ3n) is 6.88. The lowest BCUT2D eigenvalue weighted by atomic mass is 10.1. The van der Waals surface area contributed by atoms with E-state index in [2.05, 4.69) is 9.80 Å². The third kappa shape index (κ3) is 5.04. The van der Waals surface area contributed by atoms with E-state index >= 15 is 0 Å². The Morgan fingerprint density at radius 3 is 2.03 bits per heavy atom. The molecular formula is C28H26F3N3O3. The second kappa shape index (κ2) is 9.89. The van der Waals surface area contributed by atoms with Gasteiger partial charge >= 0.3 is 6.18 Å². The van der Waals surface area contributed by atoms with Crippen molar-refractivity contribution in [3.8, 4) is 5.75 Å². The SMILES string of the molecule is COc1ccc(CN2C(=O)c3cccc(N4CCN(Cc5ccc(C(F)(F)F)cc5)CC4)c3C2=O)cc1. The summed E-state index contributed by atoms with van der Waals surface area (Å²) in [5, 5.41) is 0. The molecule has 2 amide bonds. The summed E-state index contributed by atoms with van der Waals surface area (Å²) in [5.41, 5.74) is 2.56. The summed E-state index contributed by atoms with van der Waals surface area (Å²) in [4.78, 5) is 32.0. The van der Waals surface area contributed by atoms with E-state index in [9.17, 15) is 22.8 Å². The molecule has 0 atom stereocenters. The maximum Gasteiger partial charge on any atom is 0.416 e. The lowest BCUT2D eigenvalue weighted by molar-refractivity contribution is -0.137. The monoisotopic (exact) mass is 509 g/mol. The summed E-state index contributed by atoms with van der Waals surface area (Å²) in [7, 11) is 1.58. The Bertz CT molecular complexity index is 1300. The summed E-state index contributed by atoms with van der Waals surface area (Å²) >= 11 is 0. The van der Waals surface area contributed by atoms with Gasteiger partial charge in [0.05, 0.1) is 36.0 Å². The average molecular weight is 510 g/mol. The van der Waals surface area contributed by atoms with E-state index in [0.29, 0.717) is 49.6 Å². The number of imide groups is 1. The number of piperazine rings is 1. The molecule has 192 valence electrons. The number of rotatable bonds is 6. The maximum atomic E-state index is 13.4. The first-order chi connectivity index (χ1) is 17.7. The van der Waals surface area contributed by atoms with Gasteiger partial charge in [-0.25, -0.2) is 0 Å². The maximum absolute atomic E-state index is 13.4. The summed E-state index contributed by atoms with van der Waals surface area (Å²) in [5.74, 6) is 0.0862. The summed E-state index contributed by atoms with van der Waals surface area (Å²) < 4.78 is 43.6. The predicted molar refractivity (Wildman–Crippen MR) is 133 cm³/mol. The zero-order valence-corrected chi connectivity index (χ0v) is 20.3. The second-order valence-corrected chi connectivity index (χ2v) is 9.20. The molecule has 0 bridgehead atoms. The van der Waals surface area contributed by atoms with Crippen LogP contribution in [0.4, 0.5) is 18.9 Å². The topological polar surface area (TPSA) is 53.1 Å². The minimum absolute atomic E-state index is 0.177.